The number of anilines is 1. The molecule has 0 aliphatic carbocycles. The minimum Gasteiger partial charge on any atom is -0.484 e. The lowest BCUT2D eigenvalue weighted by atomic mass is 10.0. The number of nitrogens with one attached hydrogen (secondary N) is 1. The Balaban J connectivity index is 1.61. The Morgan fingerprint density at radius 3 is 1.89 bits per heavy atom. The fourth-order valence-electron chi connectivity index (χ4n) is 3.22. The van der Waals surface area contributed by atoms with Crippen LogP contribution in [-0.2, 0) is 17.6 Å². The Hall–Kier alpha value is -3.07. The van der Waals surface area contributed by atoms with E-state index in [-0.39, 0.29) is 12.5 Å². The van der Waals surface area contributed by atoms with Gasteiger partial charge in [0, 0.05) is 5.69 Å². The van der Waals surface area contributed by atoms with Crippen LogP contribution in [-0.4, -0.2) is 12.5 Å². The predicted molar refractivity (Wildman–Crippen MR) is 116 cm³/mol. The van der Waals surface area contributed by atoms with E-state index < -0.39 is 0 Å². The highest BCUT2D eigenvalue weighted by molar-refractivity contribution is 5.93. The summed E-state index contributed by atoms with van der Waals surface area (Å²) in [5.74, 6) is 0.545. The first-order chi connectivity index (χ1) is 13.6. The molecule has 0 bridgehead atoms. The highest BCUT2D eigenvalue weighted by Crippen LogP contribution is 2.24. The third kappa shape index (κ3) is 4.80. The third-order valence-corrected chi connectivity index (χ3v) is 4.87. The van der Waals surface area contributed by atoms with Crippen molar-refractivity contribution >= 4 is 11.6 Å². The minimum atomic E-state index is -0.141. The van der Waals surface area contributed by atoms with Gasteiger partial charge in [-0.1, -0.05) is 74.0 Å². The maximum absolute atomic E-state index is 12.4. The molecule has 0 spiro atoms. The van der Waals surface area contributed by atoms with E-state index in [9.17, 15) is 4.79 Å². The lowest BCUT2D eigenvalue weighted by Crippen LogP contribution is -2.21. The van der Waals surface area contributed by atoms with Crippen LogP contribution in [0, 0.1) is 6.92 Å². The zero-order chi connectivity index (χ0) is 19.9. The van der Waals surface area contributed by atoms with E-state index in [0.717, 1.165) is 40.8 Å². The number of hydrogen-bond acceptors (Lipinski definition) is 2. The van der Waals surface area contributed by atoms with Crippen molar-refractivity contribution in [3.05, 3.63) is 83.4 Å². The van der Waals surface area contributed by atoms with Gasteiger partial charge in [0.25, 0.3) is 5.91 Å². The summed E-state index contributed by atoms with van der Waals surface area (Å²) in [5.41, 5.74) is 6.76. The van der Waals surface area contributed by atoms with Gasteiger partial charge in [-0.2, -0.15) is 0 Å². The monoisotopic (exact) mass is 373 g/mol. The predicted octanol–water partition coefficient (Wildman–Crippen LogP) is 5.80. The molecule has 0 atom stereocenters. The molecule has 1 amide bonds. The van der Waals surface area contributed by atoms with E-state index >= 15 is 0 Å². The minimum absolute atomic E-state index is 0.00885. The molecule has 0 saturated carbocycles. The summed E-state index contributed by atoms with van der Waals surface area (Å²) in [6.07, 6.45) is 1.76. The summed E-state index contributed by atoms with van der Waals surface area (Å²) < 4.78 is 5.68. The normalized spacial score (nSPS) is 10.5. The van der Waals surface area contributed by atoms with E-state index in [4.69, 9.17) is 4.74 Å². The van der Waals surface area contributed by atoms with Crippen LogP contribution < -0.4 is 10.1 Å². The Labute approximate surface area is 167 Å². The Bertz CT molecular complexity index is 906. The molecule has 3 nitrogen and oxygen atoms in total. The summed E-state index contributed by atoms with van der Waals surface area (Å²) in [5, 5.41) is 3.03. The van der Waals surface area contributed by atoms with Crippen LogP contribution in [0.3, 0.4) is 0 Å². The average molecular weight is 373 g/mol. The second kappa shape index (κ2) is 9.23. The number of ether oxygens (including phenoxy) is 1. The van der Waals surface area contributed by atoms with Crippen molar-refractivity contribution in [2.75, 3.05) is 11.9 Å². The van der Waals surface area contributed by atoms with Crippen molar-refractivity contribution in [3.63, 3.8) is 0 Å². The number of benzene rings is 3. The van der Waals surface area contributed by atoms with Gasteiger partial charge in [-0.25, -0.2) is 0 Å². The highest BCUT2D eigenvalue weighted by atomic mass is 16.5. The summed E-state index contributed by atoms with van der Waals surface area (Å²) >= 11 is 0. The van der Waals surface area contributed by atoms with Gasteiger partial charge in [0.15, 0.2) is 6.61 Å². The van der Waals surface area contributed by atoms with Gasteiger partial charge < -0.3 is 10.1 Å². The second-order valence-electron chi connectivity index (χ2n) is 6.89. The zero-order valence-electron chi connectivity index (χ0n) is 16.8. The van der Waals surface area contributed by atoms with Gasteiger partial charge in [-0.3, -0.25) is 4.79 Å². The molecule has 0 saturated heterocycles. The van der Waals surface area contributed by atoms with Crippen LogP contribution in [0.25, 0.3) is 11.1 Å². The molecular formula is C25H27NO2. The van der Waals surface area contributed by atoms with Crippen molar-refractivity contribution in [3.8, 4) is 16.9 Å². The highest BCUT2D eigenvalue weighted by Gasteiger charge is 2.10. The maximum atomic E-state index is 12.4. The standard InChI is InChI=1S/C25H27NO2/c1-4-19-7-6-8-20(5-2)25(19)26-24(27)17-28-23-15-13-22(14-16-23)21-11-9-18(3)10-12-21/h6-16H,4-5,17H2,1-3H3,(H,26,27). The van der Waals surface area contributed by atoms with Crippen LogP contribution in [0.5, 0.6) is 5.75 Å². The van der Waals surface area contributed by atoms with Gasteiger partial charge in [0.1, 0.15) is 5.75 Å². The fourth-order valence-corrected chi connectivity index (χ4v) is 3.22. The zero-order valence-corrected chi connectivity index (χ0v) is 16.8. The molecule has 0 aliphatic rings. The number of para-hydroxylation sites is 1. The molecule has 0 aromatic heterocycles. The molecule has 0 aliphatic heterocycles. The summed E-state index contributed by atoms with van der Waals surface area (Å²) in [4.78, 5) is 12.4. The van der Waals surface area contributed by atoms with Crippen molar-refractivity contribution in [2.45, 2.75) is 33.6 Å². The average Bonchev–Trinajstić information content (AvgIpc) is 2.73. The maximum Gasteiger partial charge on any atom is 0.262 e. The van der Waals surface area contributed by atoms with E-state index in [2.05, 4.69) is 62.5 Å². The largest absolute Gasteiger partial charge is 0.484 e. The molecule has 0 unspecified atom stereocenters. The molecule has 28 heavy (non-hydrogen) atoms. The first-order valence-corrected chi connectivity index (χ1v) is 9.81. The number of aryl methyl sites for hydroxylation is 3. The van der Waals surface area contributed by atoms with Crippen molar-refractivity contribution in [2.24, 2.45) is 0 Å². The van der Waals surface area contributed by atoms with Crippen molar-refractivity contribution in [1.29, 1.82) is 0 Å². The SMILES string of the molecule is CCc1cccc(CC)c1NC(=O)COc1ccc(-c2ccc(C)cc2)cc1. The topological polar surface area (TPSA) is 38.3 Å². The number of carbonyl (C=O) groups is 1. The summed E-state index contributed by atoms with van der Waals surface area (Å²) in [6.45, 7) is 6.26. The van der Waals surface area contributed by atoms with Crippen LogP contribution in [0.1, 0.15) is 30.5 Å². The van der Waals surface area contributed by atoms with E-state index in [1.54, 1.807) is 0 Å². The van der Waals surface area contributed by atoms with Gasteiger partial charge in [-0.05, 0) is 54.2 Å². The lowest BCUT2D eigenvalue weighted by molar-refractivity contribution is -0.118. The van der Waals surface area contributed by atoms with Gasteiger partial charge >= 0.3 is 0 Å². The van der Waals surface area contributed by atoms with Crippen LogP contribution in [0.15, 0.2) is 66.7 Å². The summed E-state index contributed by atoms with van der Waals surface area (Å²) in [7, 11) is 0. The van der Waals surface area contributed by atoms with E-state index in [0.29, 0.717) is 5.75 Å². The molecule has 0 heterocycles. The Kier molecular flexibility index (Phi) is 6.49. The van der Waals surface area contributed by atoms with Gasteiger partial charge in [0.05, 0.1) is 0 Å². The molecule has 1 N–H and O–H groups in total. The van der Waals surface area contributed by atoms with E-state index in [1.807, 2.05) is 30.3 Å². The Morgan fingerprint density at radius 1 is 0.821 bits per heavy atom. The quantitative estimate of drug-likeness (QED) is 0.568. The lowest BCUT2D eigenvalue weighted by Gasteiger charge is -2.15. The van der Waals surface area contributed by atoms with Crippen LogP contribution >= 0.6 is 0 Å². The third-order valence-electron chi connectivity index (χ3n) is 4.87. The first kappa shape index (κ1) is 19.7. The molecule has 0 fully saturated rings. The smallest absolute Gasteiger partial charge is 0.262 e. The molecule has 3 rings (SSSR count). The first-order valence-electron chi connectivity index (χ1n) is 9.81. The molecule has 3 heteroatoms. The van der Waals surface area contributed by atoms with Crippen LogP contribution in [0.4, 0.5) is 5.69 Å². The Morgan fingerprint density at radius 2 is 1.36 bits per heavy atom. The number of amides is 1. The van der Waals surface area contributed by atoms with Crippen molar-refractivity contribution in [1.82, 2.24) is 0 Å². The number of carbonyl (C=O) groups excluding carboxylic acids is 1. The molecule has 3 aromatic carbocycles. The second-order valence-corrected chi connectivity index (χ2v) is 6.89. The van der Waals surface area contributed by atoms with Crippen molar-refractivity contribution < 1.29 is 9.53 Å². The summed E-state index contributed by atoms with van der Waals surface area (Å²) in [6, 6.07) is 22.4. The molecule has 144 valence electrons. The molecular weight excluding hydrogens is 346 g/mol. The molecule has 0 radical (unpaired) electrons. The molecule has 3 aromatic rings. The van der Waals surface area contributed by atoms with Crippen LogP contribution in [0.2, 0.25) is 0 Å². The van der Waals surface area contributed by atoms with Gasteiger partial charge in [-0.15, -0.1) is 0 Å². The number of hydrogen-bond donors (Lipinski definition) is 1. The number of rotatable bonds is 7. The van der Waals surface area contributed by atoms with Gasteiger partial charge in [0.2, 0.25) is 0 Å². The van der Waals surface area contributed by atoms with E-state index in [1.165, 1.54) is 5.56 Å². The fraction of sp³-hybridized carbons (Fsp3) is 0.240.